The summed E-state index contributed by atoms with van der Waals surface area (Å²) < 4.78 is 13.8. The molecule has 0 aromatic heterocycles. The van der Waals surface area contributed by atoms with Crippen molar-refractivity contribution in [1.82, 2.24) is 0 Å². The molecule has 0 radical (unpaired) electrons. The summed E-state index contributed by atoms with van der Waals surface area (Å²) in [7, 11) is 0. The van der Waals surface area contributed by atoms with E-state index < -0.39 is 0 Å². The van der Waals surface area contributed by atoms with E-state index in [4.69, 9.17) is 5.26 Å². The summed E-state index contributed by atoms with van der Waals surface area (Å²) in [6.45, 7) is 0.513. The van der Waals surface area contributed by atoms with Crippen molar-refractivity contribution in [2.45, 2.75) is 6.54 Å². The summed E-state index contributed by atoms with van der Waals surface area (Å²) in [5.41, 5.74) is 2.29. The van der Waals surface area contributed by atoms with Gasteiger partial charge < -0.3 is 5.32 Å². The lowest BCUT2D eigenvalue weighted by Gasteiger charge is -2.07. The smallest absolute Gasteiger partial charge is 0.137 e. The molecular weight excluding hydrogens is 295 g/mol. The predicted octanol–water partition coefficient (Wildman–Crippen LogP) is 4.07. The lowest BCUT2D eigenvalue weighted by atomic mass is 10.2. The Morgan fingerprint density at radius 3 is 2.78 bits per heavy atom. The number of benzene rings is 2. The van der Waals surface area contributed by atoms with Crippen LogP contribution in [0.3, 0.4) is 0 Å². The minimum atomic E-state index is -0.278. The molecule has 0 aliphatic rings. The van der Waals surface area contributed by atoms with Crippen molar-refractivity contribution in [2.75, 3.05) is 5.32 Å². The zero-order valence-electron chi connectivity index (χ0n) is 9.45. The number of rotatable bonds is 3. The Hall–Kier alpha value is -1.86. The molecule has 2 aromatic carbocycles. The van der Waals surface area contributed by atoms with Crippen LogP contribution < -0.4 is 5.32 Å². The normalized spacial score (nSPS) is 9.83. The van der Waals surface area contributed by atoms with Crippen LogP contribution in [0.15, 0.2) is 46.9 Å². The maximum Gasteiger partial charge on any atom is 0.137 e. The average molecular weight is 305 g/mol. The maximum absolute atomic E-state index is 13.3. The van der Waals surface area contributed by atoms with Crippen LogP contribution in [0.4, 0.5) is 10.1 Å². The molecular formula is C14H10BrFN2. The van der Waals surface area contributed by atoms with E-state index in [1.54, 1.807) is 18.2 Å². The molecule has 0 saturated carbocycles. The Morgan fingerprint density at radius 1 is 1.22 bits per heavy atom. The second kappa shape index (κ2) is 5.65. The lowest BCUT2D eigenvalue weighted by molar-refractivity contribution is 0.619. The maximum atomic E-state index is 13.3. The fraction of sp³-hybridized carbons (Fsp3) is 0.0714. The first-order valence-corrected chi connectivity index (χ1v) is 6.16. The molecule has 2 nitrogen and oxygen atoms in total. The zero-order chi connectivity index (χ0) is 13.0. The van der Waals surface area contributed by atoms with Crippen LogP contribution in [-0.4, -0.2) is 0 Å². The molecule has 0 atom stereocenters. The van der Waals surface area contributed by atoms with Gasteiger partial charge in [-0.1, -0.05) is 12.1 Å². The summed E-state index contributed by atoms with van der Waals surface area (Å²) in [6, 6.07) is 14.3. The van der Waals surface area contributed by atoms with Crippen molar-refractivity contribution in [1.29, 1.82) is 5.26 Å². The monoisotopic (exact) mass is 304 g/mol. The SMILES string of the molecule is N#Cc1cccc(NCc2ccc(Br)c(F)c2)c1. The van der Waals surface area contributed by atoms with Gasteiger partial charge in [0.15, 0.2) is 0 Å². The number of anilines is 1. The molecule has 4 heteroatoms. The quantitative estimate of drug-likeness (QED) is 0.927. The molecule has 1 N–H and O–H groups in total. The van der Waals surface area contributed by atoms with Gasteiger partial charge in [0.2, 0.25) is 0 Å². The molecule has 0 spiro atoms. The number of halogens is 2. The summed E-state index contributed by atoms with van der Waals surface area (Å²) >= 11 is 3.11. The van der Waals surface area contributed by atoms with E-state index in [-0.39, 0.29) is 5.82 Å². The van der Waals surface area contributed by atoms with Crippen molar-refractivity contribution >= 4 is 21.6 Å². The van der Waals surface area contributed by atoms with Crippen LogP contribution in [0, 0.1) is 17.1 Å². The summed E-state index contributed by atoms with van der Waals surface area (Å²) in [6.07, 6.45) is 0. The van der Waals surface area contributed by atoms with Crippen molar-refractivity contribution in [3.63, 3.8) is 0 Å². The molecule has 18 heavy (non-hydrogen) atoms. The van der Waals surface area contributed by atoms with E-state index in [0.717, 1.165) is 11.3 Å². The Balaban J connectivity index is 2.07. The minimum absolute atomic E-state index is 0.278. The summed E-state index contributed by atoms with van der Waals surface area (Å²) in [4.78, 5) is 0. The van der Waals surface area contributed by atoms with Gasteiger partial charge in [-0.25, -0.2) is 4.39 Å². The second-order valence-electron chi connectivity index (χ2n) is 3.79. The summed E-state index contributed by atoms with van der Waals surface area (Å²) in [5, 5.41) is 11.9. The first-order chi connectivity index (χ1) is 8.69. The van der Waals surface area contributed by atoms with Crippen LogP contribution >= 0.6 is 15.9 Å². The average Bonchev–Trinajstić information content (AvgIpc) is 2.40. The predicted molar refractivity (Wildman–Crippen MR) is 72.6 cm³/mol. The zero-order valence-corrected chi connectivity index (χ0v) is 11.0. The van der Waals surface area contributed by atoms with Crippen LogP contribution in [0.1, 0.15) is 11.1 Å². The first-order valence-electron chi connectivity index (χ1n) is 5.37. The molecule has 90 valence electrons. The van der Waals surface area contributed by atoms with E-state index >= 15 is 0 Å². The van der Waals surface area contributed by atoms with Gasteiger partial charge in [-0.2, -0.15) is 5.26 Å². The van der Waals surface area contributed by atoms with Gasteiger partial charge in [0.05, 0.1) is 16.1 Å². The highest BCUT2D eigenvalue weighted by Crippen LogP contribution is 2.17. The highest BCUT2D eigenvalue weighted by atomic mass is 79.9. The van der Waals surface area contributed by atoms with E-state index in [1.165, 1.54) is 6.07 Å². The standard InChI is InChI=1S/C14H10BrFN2/c15-13-5-4-11(7-14(13)16)9-18-12-3-1-2-10(6-12)8-17/h1-7,18H,9H2. The van der Waals surface area contributed by atoms with Crippen molar-refractivity contribution in [3.8, 4) is 6.07 Å². The molecule has 0 heterocycles. The van der Waals surface area contributed by atoms with Crippen LogP contribution in [0.2, 0.25) is 0 Å². The molecule has 2 aromatic rings. The van der Waals surface area contributed by atoms with E-state index in [2.05, 4.69) is 27.3 Å². The molecule has 2 rings (SSSR count). The van der Waals surface area contributed by atoms with E-state index in [9.17, 15) is 4.39 Å². The molecule has 0 bridgehead atoms. The number of nitrogens with zero attached hydrogens (tertiary/aromatic N) is 1. The highest BCUT2D eigenvalue weighted by Gasteiger charge is 2.01. The fourth-order valence-corrected chi connectivity index (χ4v) is 1.80. The molecule has 0 amide bonds. The van der Waals surface area contributed by atoms with Crippen molar-refractivity contribution in [3.05, 3.63) is 63.9 Å². The Bertz CT molecular complexity index is 605. The minimum Gasteiger partial charge on any atom is -0.381 e. The summed E-state index contributed by atoms with van der Waals surface area (Å²) in [5.74, 6) is -0.278. The third-order valence-corrected chi connectivity index (χ3v) is 3.12. The largest absolute Gasteiger partial charge is 0.381 e. The van der Waals surface area contributed by atoms with Gasteiger partial charge in [-0.3, -0.25) is 0 Å². The van der Waals surface area contributed by atoms with Gasteiger partial charge >= 0.3 is 0 Å². The van der Waals surface area contributed by atoms with Crippen LogP contribution in [0.25, 0.3) is 0 Å². The number of nitriles is 1. The van der Waals surface area contributed by atoms with Crippen molar-refractivity contribution in [2.24, 2.45) is 0 Å². The van der Waals surface area contributed by atoms with Gasteiger partial charge in [0.1, 0.15) is 5.82 Å². The molecule has 0 fully saturated rings. The number of hydrogen-bond acceptors (Lipinski definition) is 2. The molecule has 0 saturated heterocycles. The van der Waals surface area contributed by atoms with Gasteiger partial charge in [-0.15, -0.1) is 0 Å². The number of nitrogens with one attached hydrogen (secondary N) is 1. The third-order valence-electron chi connectivity index (χ3n) is 2.47. The van der Waals surface area contributed by atoms with Crippen LogP contribution in [0.5, 0.6) is 0 Å². The Morgan fingerprint density at radius 2 is 2.06 bits per heavy atom. The van der Waals surface area contributed by atoms with Crippen LogP contribution in [-0.2, 0) is 6.54 Å². The van der Waals surface area contributed by atoms with Gasteiger partial charge in [-0.05, 0) is 51.8 Å². The molecule has 0 aliphatic heterocycles. The molecule has 0 unspecified atom stereocenters. The third kappa shape index (κ3) is 3.08. The Kier molecular flexibility index (Phi) is 3.96. The fourth-order valence-electron chi connectivity index (χ4n) is 1.55. The highest BCUT2D eigenvalue weighted by molar-refractivity contribution is 9.10. The first kappa shape index (κ1) is 12.6. The van der Waals surface area contributed by atoms with Crippen molar-refractivity contribution < 1.29 is 4.39 Å². The van der Waals surface area contributed by atoms with E-state index in [1.807, 2.05) is 18.2 Å². The Labute approximate surface area is 113 Å². The number of hydrogen-bond donors (Lipinski definition) is 1. The second-order valence-corrected chi connectivity index (χ2v) is 4.65. The van der Waals surface area contributed by atoms with Gasteiger partial charge in [0, 0.05) is 12.2 Å². The van der Waals surface area contributed by atoms with Gasteiger partial charge in [0.25, 0.3) is 0 Å². The lowest BCUT2D eigenvalue weighted by Crippen LogP contribution is -2.00. The molecule has 0 aliphatic carbocycles. The van der Waals surface area contributed by atoms with E-state index in [0.29, 0.717) is 16.6 Å². The topological polar surface area (TPSA) is 35.8 Å².